The molecule has 0 aliphatic heterocycles. The van der Waals surface area contributed by atoms with E-state index in [1.54, 1.807) is 0 Å². The Morgan fingerprint density at radius 2 is 2.18 bits per heavy atom. The van der Waals surface area contributed by atoms with Crippen LogP contribution in [0.15, 0.2) is 0 Å². The number of carbonyl (C=O) groups excluding carboxylic acids is 1. The molecule has 0 aliphatic carbocycles. The summed E-state index contributed by atoms with van der Waals surface area (Å²) in [5.41, 5.74) is 0. The van der Waals surface area contributed by atoms with E-state index in [0.717, 1.165) is 19.4 Å². The number of rotatable bonds is 5. The number of unbranched alkanes of at least 4 members (excludes halogenated alkanes) is 1. The molecule has 0 radical (unpaired) electrons. The van der Waals surface area contributed by atoms with E-state index in [-0.39, 0.29) is 5.91 Å². The number of hydrogen-bond acceptors (Lipinski definition) is 2. The standard InChI is InChI=1S/C7H15NOS.Cm/c1-2-3-5-8-7(9)4-6-10;/h10H,2-6H2,1H3,(H,8,9);/p-1. The Bertz CT molecular complexity index is 100. The summed E-state index contributed by atoms with van der Waals surface area (Å²) in [6, 6.07) is 0. The Labute approximate surface area is 67.8 Å². The van der Waals surface area contributed by atoms with E-state index in [0.29, 0.717) is 12.2 Å². The predicted octanol–water partition coefficient (Wildman–Crippen LogP) is 0.840. The fourth-order valence-corrected chi connectivity index (χ4v) is 0.771. The Kier molecular flexibility index (Phi) is 10.0. The Morgan fingerprint density at radius 3 is 2.64 bits per heavy atom. The molecular weight excluding hydrogens is 393 g/mol. The Morgan fingerprint density at radius 1 is 1.55 bits per heavy atom. The van der Waals surface area contributed by atoms with Crippen LogP contribution < -0.4 is 5.32 Å². The van der Waals surface area contributed by atoms with E-state index < -0.39 is 0 Å². The van der Waals surface area contributed by atoms with Crippen LogP contribution >= 0.6 is 0 Å². The van der Waals surface area contributed by atoms with Crippen molar-refractivity contribution >= 4 is 18.5 Å². The fraction of sp³-hybridized carbons (Fsp3) is 0.857. The normalized spacial score (nSPS) is 8.55. The van der Waals surface area contributed by atoms with Crippen molar-refractivity contribution in [2.75, 3.05) is 12.3 Å². The van der Waals surface area contributed by atoms with Crippen molar-refractivity contribution < 1.29 is 4.79 Å². The zero-order chi connectivity index (χ0) is 7.82. The minimum atomic E-state index is 0. The maximum atomic E-state index is 10.7. The van der Waals surface area contributed by atoms with Gasteiger partial charge in [-0.2, -0.15) is 5.75 Å². The summed E-state index contributed by atoms with van der Waals surface area (Å²) in [7, 11) is 0. The average Bonchev–Trinajstić information content (AvgIpc) is 1.89. The van der Waals surface area contributed by atoms with E-state index in [1.165, 1.54) is 0 Å². The topological polar surface area (TPSA) is 29.1 Å². The quantitative estimate of drug-likeness (QED) is 0.541. The molecule has 11 heavy (non-hydrogen) atoms. The van der Waals surface area contributed by atoms with Gasteiger partial charge in [-0.1, -0.05) is 13.3 Å². The number of hydrogen-bond donors (Lipinski definition) is 1. The van der Waals surface area contributed by atoms with E-state index in [2.05, 4.69) is 24.9 Å². The first-order chi connectivity index (χ1) is 4.81. The maximum absolute atomic E-state index is 10.7. The van der Waals surface area contributed by atoms with Gasteiger partial charge in [0.1, 0.15) is 0 Å². The molecule has 4 heteroatoms. The van der Waals surface area contributed by atoms with Gasteiger partial charge in [0.25, 0.3) is 0 Å². The molecule has 68 valence electrons. The van der Waals surface area contributed by atoms with Crippen molar-refractivity contribution in [1.29, 1.82) is 0 Å². The second-order valence-corrected chi connectivity index (χ2v) is 2.57. The third-order valence-corrected chi connectivity index (χ3v) is 1.39. The minimum absolute atomic E-state index is 0. The van der Waals surface area contributed by atoms with Gasteiger partial charge in [-0.3, -0.25) is 4.79 Å². The summed E-state index contributed by atoms with van der Waals surface area (Å²) >= 11 is 4.65. The van der Waals surface area contributed by atoms with Crippen molar-refractivity contribution in [3.63, 3.8) is 0 Å². The van der Waals surface area contributed by atoms with Gasteiger partial charge in [0.05, 0.1) is 0 Å². The first kappa shape index (κ1) is 12.5. The number of amides is 1. The molecule has 1 amide bonds. The number of nitrogens with one attached hydrogen (secondary N) is 1. The summed E-state index contributed by atoms with van der Waals surface area (Å²) in [6.45, 7) is 2.89. The SMILES string of the molecule is CCCCNC(=O)CC[S-].[Cm]. The summed E-state index contributed by atoms with van der Waals surface area (Å²) < 4.78 is 0. The van der Waals surface area contributed by atoms with E-state index in [4.69, 9.17) is 0 Å². The Hall–Kier alpha value is -1.18. The van der Waals surface area contributed by atoms with Crippen LogP contribution in [0.3, 0.4) is 0 Å². The molecule has 0 rings (SSSR count). The second-order valence-electron chi connectivity index (χ2n) is 2.16. The summed E-state index contributed by atoms with van der Waals surface area (Å²) in [4.78, 5) is 10.7. The van der Waals surface area contributed by atoms with Gasteiger partial charge < -0.3 is 17.9 Å². The van der Waals surface area contributed by atoms with Crippen molar-refractivity contribution in [3.05, 3.63) is 0 Å². The van der Waals surface area contributed by atoms with Crippen LogP contribution in [0.2, 0.25) is 0 Å². The first-order valence-electron chi connectivity index (χ1n) is 3.66. The van der Waals surface area contributed by atoms with Crippen molar-refractivity contribution in [3.8, 4) is 0 Å². The third kappa shape index (κ3) is 8.82. The molecule has 0 aromatic rings. The van der Waals surface area contributed by atoms with Crippen molar-refractivity contribution in [1.82, 2.24) is 5.32 Å². The van der Waals surface area contributed by atoms with Gasteiger partial charge >= 0.3 is 0 Å². The van der Waals surface area contributed by atoms with Crippen LogP contribution in [0.25, 0.3) is 0 Å². The molecule has 0 aromatic heterocycles. The molecule has 0 atom stereocenters. The number of carbonyl (C=O) groups is 1. The summed E-state index contributed by atoms with van der Waals surface area (Å²) in [5.74, 6) is 0.612. The zero-order valence-corrected chi connectivity index (χ0v) is 10.5. The van der Waals surface area contributed by atoms with E-state index in [1.807, 2.05) is 0 Å². The third-order valence-electron chi connectivity index (χ3n) is 1.18. The molecule has 0 saturated heterocycles. The molecule has 2 nitrogen and oxygen atoms in total. The van der Waals surface area contributed by atoms with Crippen LogP contribution in [-0.2, 0) is 17.4 Å². The van der Waals surface area contributed by atoms with Gasteiger partial charge in [-0.15, -0.1) is 0 Å². The predicted molar refractivity (Wildman–Crippen MR) is 44.8 cm³/mol. The zero-order valence-electron chi connectivity index (χ0n) is 6.71. The van der Waals surface area contributed by atoms with Gasteiger partial charge in [0, 0.05) is 13.0 Å². The van der Waals surface area contributed by atoms with E-state index >= 15 is 0 Å². The minimum Gasteiger partial charge on any atom is -0.792 e. The molecular formula is C7H14CmNOS-. The van der Waals surface area contributed by atoms with Crippen molar-refractivity contribution in [2.24, 2.45) is 0 Å². The van der Waals surface area contributed by atoms with Crippen LogP contribution in [0, 0.1) is 0 Å². The molecule has 0 spiro atoms. The van der Waals surface area contributed by atoms with Crippen LogP contribution in [0.5, 0.6) is 0 Å². The molecule has 0 unspecified atom stereocenters. The fourth-order valence-electron chi connectivity index (χ4n) is 0.586. The van der Waals surface area contributed by atoms with Gasteiger partial charge in [0.15, 0.2) is 0 Å². The molecule has 1 N–H and O–H groups in total. The maximum Gasteiger partial charge on any atom is 0.218 e. The first-order valence-corrected chi connectivity index (χ1v) is 4.23. The van der Waals surface area contributed by atoms with Crippen LogP contribution in [0.1, 0.15) is 26.2 Å². The molecule has 0 heterocycles. The molecule has 0 fully saturated rings. The second kappa shape index (κ2) is 8.82. The summed E-state index contributed by atoms with van der Waals surface area (Å²) in [5, 5.41) is 2.78. The average molecular weight is 407 g/mol. The molecule has 0 aliphatic rings. The molecule has 0 aromatic carbocycles. The monoisotopic (exact) mass is 403 g/mol. The molecule has 0 saturated carbocycles. The smallest absolute Gasteiger partial charge is 0.218 e. The van der Waals surface area contributed by atoms with E-state index in [9.17, 15) is 4.79 Å². The van der Waals surface area contributed by atoms with Gasteiger partial charge in [-0.25, -0.2) is 0 Å². The Balaban J connectivity index is 0. The molecule has 0 bridgehead atoms. The van der Waals surface area contributed by atoms with Crippen LogP contribution in [0.4, 0.5) is 0 Å². The summed E-state index contributed by atoms with van der Waals surface area (Å²) in [6.07, 6.45) is 2.66. The van der Waals surface area contributed by atoms with Crippen LogP contribution in [-0.4, -0.2) is 18.2 Å². The van der Waals surface area contributed by atoms with Gasteiger partial charge in [-0.05, 0) is 6.42 Å². The largest absolute Gasteiger partial charge is 0.792 e. The van der Waals surface area contributed by atoms with Crippen molar-refractivity contribution in [2.45, 2.75) is 26.2 Å². The van der Waals surface area contributed by atoms with Gasteiger partial charge in [0.2, 0.25) is 5.91 Å².